The summed E-state index contributed by atoms with van der Waals surface area (Å²) >= 11 is 0. The highest BCUT2D eigenvalue weighted by Crippen LogP contribution is 2.35. The summed E-state index contributed by atoms with van der Waals surface area (Å²) in [5, 5.41) is 0.255. The number of nitrogens with zero attached hydrogens (tertiary/aromatic N) is 1. The zero-order chi connectivity index (χ0) is 17.4. The van der Waals surface area contributed by atoms with Crippen LogP contribution in [0, 0.1) is 5.82 Å². The van der Waals surface area contributed by atoms with Gasteiger partial charge in [0.05, 0.1) is 11.1 Å². The maximum atomic E-state index is 14.0. The number of carbonyl (C=O) groups excluding carboxylic acids is 1. The Bertz CT molecular complexity index is 871. The fourth-order valence-corrected chi connectivity index (χ4v) is 4.04. The lowest BCUT2D eigenvalue weighted by Crippen LogP contribution is -2.35. The van der Waals surface area contributed by atoms with Crippen LogP contribution in [0.2, 0.25) is 0 Å². The van der Waals surface area contributed by atoms with Crippen LogP contribution in [0.25, 0.3) is 10.9 Å². The van der Waals surface area contributed by atoms with Gasteiger partial charge in [0.2, 0.25) is 0 Å². The Morgan fingerprint density at radius 2 is 2.04 bits per heavy atom. The minimum atomic E-state index is -0.529. The van der Waals surface area contributed by atoms with Gasteiger partial charge in [-0.15, -0.1) is 0 Å². The molecule has 1 amide bonds. The fourth-order valence-electron chi connectivity index (χ4n) is 4.04. The Kier molecular flexibility index (Phi) is 4.07. The smallest absolute Gasteiger partial charge is 0.270 e. The number of pyridine rings is 1. The van der Waals surface area contributed by atoms with Crippen LogP contribution < -0.4 is 5.43 Å². The minimum Gasteiger partial charge on any atom is -0.375 e. The monoisotopic (exact) mass is 344 g/mol. The Hall–Kier alpha value is -2.21. The molecule has 132 valence electrons. The molecular weight excluding hydrogens is 323 g/mol. The number of likely N-dealkylation sites (tertiary alicyclic amines) is 1. The van der Waals surface area contributed by atoms with Gasteiger partial charge in [0, 0.05) is 31.1 Å². The number of ether oxygens (including phenoxy) is 1. The van der Waals surface area contributed by atoms with Crippen molar-refractivity contribution >= 4 is 16.8 Å². The van der Waals surface area contributed by atoms with Crippen LogP contribution in [0.5, 0.6) is 0 Å². The summed E-state index contributed by atoms with van der Waals surface area (Å²) in [7, 11) is 0. The molecule has 3 heterocycles. The number of aromatic amines is 1. The van der Waals surface area contributed by atoms with Crippen molar-refractivity contribution in [3.05, 3.63) is 46.0 Å². The first-order valence-corrected chi connectivity index (χ1v) is 8.83. The summed E-state index contributed by atoms with van der Waals surface area (Å²) in [6.45, 7) is 2.02. The van der Waals surface area contributed by atoms with E-state index < -0.39 is 5.82 Å². The number of hydrogen-bond acceptors (Lipinski definition) is 3. The molecule has 2 fully saturated rings. The Morgan fingerprint density at radius 1 is 1.20 bits per heavy atom. The second-order valence-corrected chi connectivity index (χ2v) is 6.99. The molecule has 2 saturated heterocycles. The predicted octanol–water partition coefficient (Wildman–Crippen LogP) is 2.84. The SMILES string of the molecule is O=C(c1cc(=O)c2cccc(F)c2[nH]1)N1CCCC2(CCCO2)CC1. The molecule has 0 radical (unpaired) electrons. The van der Waals surface area contributed by atoms with Crippen LogP contribution in [-0.2, 0) is 4.74 Å². The Morgan fingerprint density at radius 3 is 2.84 bits per heavy atom. The average Bonchev–Trinajstić information content (AvgIpc) is 2.96. The molecule has 6 heteroatoms. The van der Waals surface area contributed by atoms with Gasteiger partial charge in [-0.05, 0) is 44.2 Å². The average molecular weight is 344 g/mol. The van der Waals surface area contributed by atoms with Crippen molar-refractivity contribution in [3.63, 3.8) is 0 Å². The predicted molar refractivity (Wildman–Crippen MR) is 92.2 cm³/mol. The quantitative estimate of drug-likeness (QED) is 0.865. The molecule has 0 aliphatic carbocycles. The van der Waals surface area contributed by atoms with Crippen LogP contribution in [-0.4, -0.2) is 41.1 Å². The van der Waals surface area contributed by atoms with Gasteiger partial charge in [-0.1, -0.05) is 6.07 Å². The minimum absolute atomic E-state index is 0.0854. The second kappa shape index (κ2) is 6.26. The molecule has 1 unspecified atom stereocenters. The van der Waals surface area contributed by atoms with Gasteiger partial charge in [0.1, 0.15) is 11.5 Å². The van der Waals surface area contributed by atoms with E-state index in [4.69, 9.17) is 4.74 Å². The topological polar surface area (TPSA) is 62.4 Å². The van der Waals surface area contributed by atoms with E-state index in [1.165, 1.54) is 18.2 Å². The highest BCUT2D eigenvalue weighted by Gasteiger charge is 2.37. The second-order valence-electron chi connectivity index (χ2n) is 6.99. The number of aromatic nitrogens is 1. The lowest BCUT2D eigenvalue weighted by molar-refractivity contribution is -0.00692. The van der Waals surface area contributed by atoms with Gasteiger partial charge in [-0.25, -0.2) is 4.39 Å². The van der Waals surface area contributed by atoms with Crippen molar-refractivity contribution in [2.45, 2.75) is 37.7 Å². The number of amides is 1. The van der Waals surface area contributed by atoms with Gasteiger partial charge in [0.25, 0.3) is 5.91 Å². The van der Waals surface area contributed by atoms with E-state index in [9.17, 15) is 14.0 Å². The molecule has 2 aliphatic heterocycles. The number of hydrogen-bond donors (Lipinski definition) is 1. The van der Waals surface area contributed by atoms with Crippen molar-refractivity contribution in [1.29, 1.82) is 0 Å². The standard InChI is InChI=1S/C19H21FN2O3/c20-14-5-1-4-13-16(23)12-15(21-17(13)14)18(24)22-9-2-6-19(8-10-22)7-3-11-25-19/h1,4-5,12H,2-3,6-11H2,(H,21,23). The molecule has 4 rings (SSSR count). The molecule has 0 saturated carbocycles. The maximum Gasteiger partial charge on any atom is 0.270 e. The lowest BCUT2D eigenvalue weighted by Gasteiger charge is -2.26. The number of rotatable bonds is 1. The highest BCUT2D eigenvalue weighted by molar-refractivity contribution is 5.95. The summed E-state index contributed by atoms with van der Waals surface area (Å²) in [5.41, 5.74) is -0.200. The number of fused-ring (bicyclic) bond motifs is 1. The molecule has 1 aromatic carbocycles. The summed E-state index contributed by atoms with van der Waals surface area (Å²) in [6.07, 6.45) is 4.76. The normalized spacial score (nSPS) is 24.0. The van der Waals surface area contributed by atoms with Crippen LogP contribution in [0.4, 0.5) is 4.39 Å². The molecule has 1 atom stereocenters. The summed E-state index contributed by atoms with van der Waals surface area (Å²) in [4.78, 5) is 29.7. The summed E-state index contributed by atoms with van der Waals surface area (Å²) in [5.74, 6) is -0.782. The van der Waals surface area contributed by atoms with Crippen LogP contribution >= 0.6 is 0 Å². The van der Waals surface area contributed by atoms with E-state index in [1.54, 1.807) is 11.0 Å². The van der Waals surface area contributed by atoms with Crippen molar-refractivity contribution in [2.24, 2.45) is 0 Å². The third-order valence-corrected chi connectivity index (χ3v) is 5.41. The molecule has 0 bridgehead atoms. The van der Waals surface area contributed by atoms with Crippen molar-refractivity contribution in [1.82, 2.24) is 9.88 Å². The molecular formula is C19H21FN2O3. The van der Waals surface area contributed by atoms with Gasteiger partial charge >= 0.3 is 0 Å². The third-order valence-electron chi connectivity index (χ3n) is 5.41. The molecule has 2 aliphatic rings. The number of nitrogens with one attached hydrogen (secondary N) is 1. The zero-order valence-electron chi connectivity index (χ0n) is 14.0. The fraction of sp³-hybridized carbons (Fsp3) is 0.474. The van der Waals surface area contributed by atoms with Crippen molar-refractivity contribution in [2.75, 3.05) is 19.7 Å². The lowest BCUT2D eigenvalue weighted by atomic mass is 9.92. The van der Waals surface area contributed by atoms with E-state index in [0.717, 1.165) is 38.7 Å². The first kappa shape index (κ1) is 16.3. The Balaban J connectivity index is 1.61. The van der Waals surface area contributed by atoms with Crippen LogP contribution in [0.3, 0.4) is 0 Å². The van der Waals surface area contributed by atoms with Gasteiger partial charge in [-0.3, -0.25) is 9.59 Å². The van der Waals surface area contributed by atoms with Gasteiger partial charge in [0.15, 0.2) is 5.43 Å². The zero-order valence-corrected chi connectivity index (χ0v) is 14.0. The number of carbonyl (C=O) groups is 1. The van der Waals surface area contributed by atoms with Gasteiger partial charge < -0.3 is 14.6 Å². The molecule has 1 spiro atoms. The number of para-hydroxylation sites is 1. The molecule has 1 aromatic heterocycles. The third kappa shape index (κ3) is 2.95. The largest absolute Gasteiger partial charge is 0.375 e. The van der Waals surface area contributed by atoms with E-state index in [1.807, 2.05) is 0 Å². The summed E-state index contributed by atoms with van der Waals surface area (Å²) in [6, 6.07) is 5.60. The molecule has 25 heavy (non-hydrogen) atoms. The molecule has 2 aromatic rings. The molecule has 1 N–H and O–H groups in total. The van der Waals surface area contributed by atoms with Crippen LogP contribution in [0.15, 0.2) is 29.1 Å². The first-order valence-electron chi connectivity index (χ1n) is 8.83. The number of halogens is 1. The number of benzene rings is 1. The van der Waals surface area contributed by atoms with Crippen molar-refractivity contribution in [3.8, 4) is 0 Å². The van der Waals surface area contributed by atoms with Crippen molar-refractivity contribution < 1.29 is 13.9 Å². The van der Waals surface area contributed by atoms with Crippen LogP contribution in [0.1, 0.15) is 42.6 Å². The van der Waals surface area contributed by atoms with E-state index >= 15 is 0 Å². The first-order chi connectivity index (χ1) is 12.1. The highest BCUT2D eigenvalue weighted by atomic mass is 19.1. The van der Waals surface area contributed by atoms with E-state index in [2.05, 4.69) is 4.98 Å². The maximum absolute atomic E-state index is 14.0. The molecule has 5 nitrogen and oxygen atoms in total. The van der Waals surface area contributed by atoms with E-state index in [-0.39, 0.29) is 33.5 Å². The van der Waals surface area contributed by atoms with E-state index in [0.29, 0.717) is 13.1 Å². The number of H-pyrrole nitrogens is 1. The Labute approximate surface area is 144 Å². The summed E-state index contributed by atoms with van der Waals surface area (Å²) < 4.78 is 19.9. The van der Waals surface area contributed by atoms with Gasteiger partial charge in [-0.2, -0.15) is 0 Å².